The third kappa shape index (κ3) is 7.72. The predicted molar refractivity (Wildman–Crippen MR) is 374 cm³/mol. The molecule has 0 atom stereocenters. The molecule has 16 aromatic rings. The van der Waals surface area contributed by atoms with Crippen molar-refractivity contribution >= 4 is 43.1 Å². The van der Waals surface area contributed by atoms with E-state index < -0.39 is 0 Å². The van der Waals surface area contributed by atoms with Crippen molar-refractivity contribution in [2.75, 3.05) is 0 Å². The van der Waals surface area contributed by atoms with Crippen LogP contribution < -0.4 is 0 Å². The average molecular weight is 1110 g/mol. The molecule has 0 spiro atoms. The largest absolute Gasteiger partial charge is 0.0622 e. The molecule has 0 radical (unpaired) electrons. The lowest BCUT2D eigenvalue weighted by molar-refractivity contribution is 1.58. The quantitative estimate of drug-likeness (QED) is 0.126. The van der Waals surface area contributed by atoms with Crippen LogP contribution >= 0.6 is 0 Å². The summed E-state index contributed by atoms with van der Waals surface area (Å²) >= 11 is 0. The molecule has 0 bridgehead atoms. The second kappa shape index (κ2) is 20.1. The molecule has 0 heterocycles. The van der Waals surface area contributed by atoms with Gasteiger partial charge in [0.2, 0.25) is 0 Å². The lowest BCUT2D eigenvalue weighted by Gasteiger charge is -2.23. The SMILES string of the molecule is c1ccc(-c2cccc(-c3c4c(c(-c5cccc(-c6ccccc6)c5)c5cc6cc(-c7ccccc7)ccc6cc35)-c3ccc5c6c(ccc-4c36)-c3c-5c(-c4ccccc4-c4ccccc4)c4ccccc4c3-c3ccccc3-c3ccccc3)c2)cc1. The van der Waals surface area contributed by atoms with E-state index in [2.05, 4.69) is 328 Å². The topological polar surface area (TPSA) is 0 Å². The Morgan fingerprint density at radius 3 is 0.841 bits per heavy atom. The molecule has 2 aliphatic carbocycles. The van der Waals surface area contributed by atoms with E-state index in [9.17, 15) is 0 Å². The number of hydrogen-bond acceptors (Lipinski definition) is 0. The molecule has 16 aromatic carbocycles. The van der Waals surface area contributed by atoms with Crippen LogP contribution in [0, 0.1) is 0 Å². The van der Waals surface area contributed by atoms with Crippen molar-refractivity contribution in [2.45, 2.75) is 0 Å². The molecule has 2 aliphatic rings. The van der Waals surface area contributed by atoms with E-state index in [1.54, 1.807) is 0 Å². The van der Waals surface area contributed by atoms with E-state index in [1.165, 1.54) is 188 Å². The van der Waals surface area contributed by atoms with Crippen molar-refractivity contribution in [1.29, 1.82) is 0 Å². The Hall–Kier alpha value is -11.4. The summed E-state index contributed by atoms with van der Waals surface area (Å²) in [6.45, 7) is 0. The minimum absolute atomic E-state index is 1.19. The molecule has 0 saturated carbocycles. The van der Waals surface area contributed by atoms with Crippen molar-refractivity contribution in [1.82, 2.24) is 0 Å². The molecule has 0 nitrogen and oxygen atoms in total. The highest BCUT2D eigenvalue weighted by atomic mass is 14.4. The highest BCUT2D eigenvalue weighted by molar-refractivity contribution is 6.36. The Morgan fingerprint density at radius 1 is 0.125 bits per heavy atom. The van der Waals surface area contributed by atoms with Crippen molar-refractivity contribution < 1.29 is 0 Å². The van der Waals surface area contributed by atoms with Gasteiger partial charge in [-0.25, -0.2) is 0 Å². The molecule has 0 aliphatic heterocycles. The second-order valence-corrected chi connectivity index (χ2v) is 23.7. The summed E-state index contributed by atoms with van der Waals surface area (Å²) in [6, 6.07) is 123. The summed E-state index contributed by atoms with van der Waals surface area (Å²) in [5, 5.41) is 9.98. The van der Waals surface area contributed by atoms with Gasteiger partial charge < -0.3 is 0 Å². The maximum absolute atomic E-state index is 2.51. The first-order chi connectivity index (χ1) is 43.7. The smallest absolute Gasteiger partial charge is 0.000718 e. The number of hydrogen-bond donors (Lipinski definition) is 0. The minimum Gasteiger partial charge on any atom is -0.0622 e. The zero-order valence-corrected chi connectivity index (χ0v) is 48.2. The molecule has 406 valence electrons. The molecule has 0 aromatic heterocycles. The van der Waals surface area contributed by atoms with Crippen molar-refractivity contribution in [3.63, 3.8) is 0 Å². The van der Waals surface area contributed by atoms with E-state index in [4.69, 9.17) is 0 Å². The molecular weight excluding hydrogens is 1060 g/mol. The lowest BCUT2D eigenvalue weighted by atomic mass is 9.79. The monoisotopic (exact) mass is 1110 g/mol. The summed E-state index contributed by atoms with van der Waals surface area (Å²) in [4.78, 5) is 0. The van der Waals surface area contributed by atoms with Gasteiger partial charge in [0, 0.05) is 0 Å². The van der Waals surface area contributed by atoms with Crippen LogP contribution in [0.1, 0.15) is 0 Å². The molecule has 18 rings (SSSR count). The molecule has 0 N–H and O–H groups in total. The van der Waals surface area contributed by atoms with Gasteiger partial charge in [0.1, 0.15) is 0 Å². The van der Waals surface area contributed by atoms with E-state index >= 15 is 0 Å². The molecule has 0 amide bonds. The first-order valence-electron chi connectivity index (χ1n) is 30.6. The van der Waals surface area contributed by atoms with E-state index in [1.807, 2.05) is 0 Å². The third-order valence-electron chi connectivity index (χ3n) is 18.9. The maximum atomic E-state index is 2.51. The standard InChI is InChI=1S/C88H54/c1-6-24-55(25-7-1)60-34-22-36-64(50-60)79-77-53-63-45-44-62(57-28-10-3-11-29-57)52-66(63)54-78(77)80(65-37-23-35-61(51-65)56-26-8-2-9-27-56)86-74-47-49-76-84-75(48-46-73(83(74)84)85(79)86)87-81(69-40-18-16-38-67(69)58-30-12-4-13-31-58)71-42-20-21-43-72(71)82(88(76)87)70-41-19-17-39-68(70)59-32-14-5-15-33-59/h1-54H. The van der Waals surface area contributed by atoms with Gasteiger partial charge in [-0.2, -0.15) is 0 Å². The van der Waals surface area contributed by atoms with E-state index in [0.717, 1.165) is 0 Å². The first-order valence-corrected chi connectivity index (χ1v) is 30.6. The average Bonchev–Trinajstić information content (AvgIpc) is 1.51. The second-order valence-electron chi connectivity index (χ2n) is 23.7. The van der Waals surface area contributed by atoms with Gasteiger partial charge in [0.25, 0.3) is 0 Å². The molecule has 0 fully saturated rings. The Kier molecular flexibility index (Phi) is 11.4. The van der Waals surface area contributed by atoms with E-state index in [-0.39, 0.29) is 0 Å². The lowest BCUT2D eigenvalue weighted by Crippen LogP contribution is -1.96. The Bertz CT molecular complexity index is 5370. The van der Waals surface area contributed by atoms with E-state index in [0.29, 0.717) is 0 Å². The third-order valence-corrected chi connectivity index (χ3v) is 18.9. The van der Waals surface area contributed by atoms with Crippen LogP contribution in [0.2, 0.25) is 0 Å². The van der Waals surface area contributed by atoms with Gasteiger partial charge >= 0.3 is 0 Å². The van der Waals surface area contributed by atoms with Crippen LogP contribution in [0.5, 0.6) is 0 Å². The van der Waals surface area contributed by atoms with Crippen molar-refractivity contribution in [2.24, 2.45) is 0 Å². The molecule has 0 heteroatoms. The Morgan fingerprint density at radius 2 is 0.432 bits per heavy atom. The fourth-order valence-electron chi connectivity index (χ4n) is 15.2. The Labute approximate surface area is 512 Å². The highest BCUT2D eigenvalue weighted by Crippen LogP contribution is 2.65. The Balaban J connectivity index is 0.999. The summed E-state index contributed by atoms with van der Waals surface area (Å²) < 4.78 is 0. The normalized spacial score (nSPS) is 11.9. The zero-order valence-electron chi connectivity index (χ0n) is 48.2. The predicted octanol–water partition coefficient (Wildman–Crippen LogP) is 24.6. The van der Waals surface area contributed by atoms with Crippen molar-refractivity contribution in [3.8, 4) is 145 Å². The number of benzene rings is 16. The van der Waals surface area contributed by atoms with Gasteiger partial charge in [0.05, 0.1) is 0 Å². The molecule has 88 heavy (non-hydrogen) atoms. The number of fused-ring (bicyclic) bond motifs is 9. The van der Waals surface area contributed by atoms with Gasteiger partial charge in [-0.15, -0.1) is 0 Å². The van der Waals surface area contributed by atoms with Crippen LogP contribution in [-0.4, -0.2) is 0 Å². The number of rotatable bonds is 9. The van der Waals surface area contributed by atoms with Crippen LogP contribution in [0.4, 0.5) is 0 Å². The van der Waals surface area contributed by atoms with Gasteiger partial charge in [-0.3, -0.25) is 0 Å². The highest BCUT2D eigenvalue weighted by Gasteiger charge is 2.38. The summed E-state index contributed by atoms with van der Waals surface area (Å²) in [6.07, 6.45) is 0. The molecule has 0 unspecified atom stereocenters. The van der Waals surface area contributed by atoms with Gasteiger partial charge in [0.15, 0.2) is 0 Å². The van der Waals surface area contributed by atoms with Crippen LogP contribution in [0.25, 0.3) is 188 Å². The van der Waals surface area contributed by atoms with Gasteiger partial charge in [-0.05, 0) is 218 Å². The first kappa shape index (κ1) is 49.9. The fraction of sp³-hybridized carbons (Fsp3) is 0. The fourth-order valence-corrected chi connectivity index (χ4v) is 15.2. The molecular formula is C88H54. The summed E-state index contributed by atoms with van der Waals surface area (Å²) in [7, 11) is 0. The minimum atomic E-state index is 1.19. The summed E-state index contributed by atoms with van der Waals surface area (Å²) in [5.41, 5.74) is 32.1. The van der Waals surface area contributed by atoms with Gasteiger partial charge in [-0.1, -0.05) is 297 Å². The zero-order chi connectivity index (χ0) is 57.8. The van der Waals surface area contributed by atoms with Crippen LogP contribution in [-0.2, 0) is 0 Å². The summed E-state index contributed by atoms with van der Waals surface area (Å²) in [5.74, 6) is 0. The van der Waals surface area contributed by atoms with Crippen molar-refractivity contribution in [3.05, 3.63) is 328 Å². The van der Waals surface area contributed by atoms with Crippen LogP contribution in [0.15, 0.2) is 328 Å². The van der Waals surface area contributed by atoms with Crippen LogP contribution in [0.3, 0.4) is 0 Å². The maximum Gasteiger partial charge on any atom is -0.000718 e. The molecule has 0 saturated heterocycles.